The molecule has 13 heteroatoms. The predicted molar refractivity (Wildman–Crippen MR) is 160 cm³/mol. The number of esters is 1. The lowest BCUT2D eigenvalue weighted by Crippen LogP contribution is -2.39. The van der Waals surface area contributed by atoms with Crippen molar-refractivity contribution in [3.63, 3.8) is 0 Å². The highest BCUT2D eigenvalue weighted by molar-refractivity contribution is 6.23. The molecule has 1 aliphatic carbocycles. The van der Waals surface area contributed by atoms with Gasteiger partial charge in [-0.2, -0.15) is 0 Å². The van der Waals surface area contributed by atoms with Gasteiger partial charge in [-0.15, -0.1) is 0 Å². The Morgan fingerprint density at radius 2 is 1.84 bits per heavy atom. The largest absolute Gasteiger partial charge is 0.461 e. The van der Waals surface area contributed by atoms with Crippen LogP contribution < -0.4 is 16.4 Å². The van der Waals surface area contributed by atoms with E-state index in [4.69, 9.17) is 24.7 Å². The fraction of sp³-hybridized carbons (Fsp3) is 0.516. The van der Waals surface area contributed by atoms with E-state index in [1.165, 1.54) is 53.3 Å². The minimum Gasteiger partial charge on any atom is -0.461 e. The van der Waals surface area contributed by atoms with Crippen LogP contribution in [0, 0.1) is 11.8 Å². The van der Waals surface area contributed by atoms with Gasteiger partial charge < -0.3 is 40.4 Å². The van der Waals surface area contributed by atoms with E-state index < -0.39 is 59.9 Å². The van der Waals surface area contributed by atoms with Gasteiger partial charge >= 0.3 is 12.1 Å². The van der Waals surface area contributed by atoms with Crippen LogP contribution in [-0.4, -0.2) is 86.9 Å². The molecule has 1 aliphatic heterocycles. The number of hydrogen-bond donors (Lipinski definition) is 4. The standard InChI is InChI=1S/C31H43N3O10/c1-16-11-21-26(33-5)23(36)14-22(28(21)38)34-30(39)17(2)9-8-10-24(41-6)29(44-31(32)40)20(15-43-19(4)35)13-18(3)27(37)25(12-16)42-7/h8-10,13-14,16,18,24-25,27,29,33,37H,11-12,15H2,1-7H3,(H2,32,40)(H,34,39)/b10-8-,17-9+,20-13+/t16-,18+,24+,25+,27-,29+/m1/s1. The second-order valence-electron chi connectivity index (χ2n) is 10.8. The third-order valence-electron chi connectivity index (χ3n) is 7.35. The number of allylic oxidation sites excluding steroid dienone is 4. The third kappa shape index (κ3) is 9.73. The van der Waals surface area contributed by atoms with Gasteiger partial charge in [0.1, 0.15) is 12.7 Å². The fourth-order valence-corrected chi connectivity index (χ4v) is 5.03. The number of nitrogens with one attached hydrogen (secondary N) is 2. The topological polar surface area (TPSA) is 193 Å². The Bertz CT molecular complexity index is 1280. The number of methoxy groups -OCH3 is 2. The van der Waals surface area contributed by atoms with E-state index in [9.17, 15) is 29.1 Å². The first-order valence-electron chi connectivity index (χ1n) is 14.2. The van der Waals surface area contributed by atoms with Gasteiger partial charge in [-0.05, 0) is 25.7 Å². The van der Waals surface area contributed by atoms with Crippen LogP contribution >= 0.6 is 0 Å². The first kappa shape index (κ1) is 36.1. The molecular formula is C31H43N3O10. The zero-order valence-electron chi connectivity index (χ0n) is 26.2. The summed E-state index contributed by atoms with van der Waals surface area (Å²) in [6.07, 6.45) is 2.47. The molecular weight excluding hydrogens is 574 g/mol. The van der Waals surface area contributed by atoms with E-state index in [1.54, 1.807) is 13.0 Å². The van der Waals surface area contributed by atoms with Gasteiger partial charge in [-0.3, -0.25) is 19.2 Å². The molecule has 2 amide bonds. The summed E-state index contributed by atoms with van der Waals surface area (Å²) in [6, 6.07) is 0. The number of rotatable bonds is 6. The van der Waals surface area contributed by atoms with Crippen molar-refractivity contribution < 1.29 is 48.0 Å². The summed E-state index contributed by atoms with van der Waals surface area (Å²) in [5.74, 6) is -3.04. The highest BCUT2D eigenvalue weighted by Crippen LogP contribution is 2.29. The zero-order chi connectivity index (χ0) is 33.1. The summed E-state index contributed by atoms with van der Waals surface area (Å²) in [5.41, 5.74) is 6.03. The van der Waals surface area contributed by atoms with Gasteiger partial charge in [-0.25, -0.2) is 4.79 Å². The molecule has 2 rings (SSSR count). The van der Waals surface area contributed by atoms with Gasteiger partial charge in [0.15, 0.2) is 6.10 Å². The minimum absolute atomic E-state index is 0.132. The summed E-state index contributed by atoms with van der Waals surface area (Å²) in [4.78, 5) is 62.9. The van der Waals surface area contributed by atoms with Crippen molar-refractivity contribution in [2.75, 3.05) is 27.9 Å². The van der Waals surface area contributed by atoms with Crippen LogP contribution in [0.4, 0.5) is 4.79 Å². The average molecular weight is 618 g/mol. The molecule has 2 bridgehead atoms. The molecule has 0 aromatic heterocycles. The van der Waals surface area contributed by atoms with E-state index in [1.807, 2.05) is 6.92 Å². The van der Waals surface area contributed by atoms with Crippen LogP contribution in [0.2, 0.25) is 0 Å². The third-order valence-corrected chi connectivity index (χ3v) is 7.35. The van der Waals surface area contributed by atoms with Crippen molar-refractivity contribution in [3.8, 4) is 0 Å². The number of primary amides is 1. The summed E-state index contributed by atoms with van der Waals surface area (Å²) in [6.45, 7) is 5.99. The summed E-state index contributed by atoms with van der Waals surface area (Å²) >= 11 is 0. The molecule has 1 heterocycles. The van der Waals surface area contributed by atoms with Crippen LogP contribution in [0.15, 0.2) is 58.5 Å². The second kappa shape index (κ2) is 16.7. The maximum atomic E-state index is 13.4. The van der Waals surface area contributed by atoms with E-state index in [2.05, 4.69) is 10.6 Å². The number of likely N-dealkylation sites (N-methyl/N-ethyl adjacent to an activating group) is 1. The molecule has 0 aromatic carbocycles. The van der Waals surface area contributed by atoms with E-state index in [0.717, 1.165) is 6.08 Å². The lowest BCUT2D eigenvalue weighted by molar-refractivity contribution is -0.140. The van der Waals surface area contributed by atoms with Gasteiger partial charge in [-0.1, -0.05) is 38.2 Å². The number of carbonyl (C=O) groups is 5. The quantitative estimate of drug-likeness (QED) is 0.192. The van der Waals surface area contributed by atoms with Gasteiger partial charge in [0.05, 0.1) is 23.6 Å². The molecule has 5 N–H and O–H groups in total. The zero-order valence-corrected chi connectivity index (χ0v) is 26.2. The molecule has 2 aliphatic rings. The molecule has 0 saturated heterocycles. The number of hydrogen-bond acceptors (Lipinski definition) is 11. The van der Waals surface area contributed by atoms with Crippen molar-refractivity contribution in [3.05, 3.63) is 58.5 Å². The Labute approximate surface area is 257 Å². The number of nitrogens with two attached hydrogens (primary N) is 1. The van der Waals surface area contributed by atoms with Crippen LogP contribution in [0.5, 0.6) is 0 Å². The molecule has 0 spiro atoms. The number of amides is 2. The Kier molecular flexibility index (Phi) is 13.7. The lowest BCUT2D eigenvalue weighted by Gasteiger charge is -2.30. The summed E-state index contributed by atoms with van der Waals surface area (Å²) in [5, 5.41) is 16.7. The minimum atomic E-state index is -1.17. The molecule has 0 unspecified atom stereocenters. The Balaban J connectivity index is 2.69. The molecule has 0 saturated carbocycles. The van der Waals surface area contributed by atoms with E-state index in [0.29, 0.717) is 0 Å². The molecule has 13 nitrogen and oxygen atoms in total. The van der Waals surface area contributed by atoms with E-state index in [-0.39, 0.29) is 53.5 Å². The normalized spacial score (nSPS) is 30.6. The molecule has 242 valence electrons. The monoisotopic (exact) mass is 617 g/mol. The molecule has 44 heavy (non-hydrogen) atoms. The number of aliphatic hydroxyl groups is 1. The summed E-state index contributed by atoms with van der Waals surface area (Å²) < 4.78 is 21.8. The fourth-order valence-electron chi connectivity index (χ4n) is 5.03. The van der Waals surface area contributed by atoms with Crippen molar-refractivity contribution in [2.45, 2.75) is 65.0 Å². The number of ether oxygens (including phenoxy) is 4. The first-order valence-corrected chi connectivity index (χ1v) is 14.2. The average Bonchev–Trinajstić information content (AvgIpc) is 2.96. The van der Waals surface area contributed by atoms with Crippen LogP contribution in [-0.2, 0) is 38.1 Å². The smallest absolute Gasteiger partial charge is 0.405 e. The Morgan fingerprint density at radius 3 is 2.41 bits per heavy atom. The number of Topliss-reactive ketones (excluding diaryl/α,β-unsaturated/α-hetero) is 1. The first-order chi connectivity index (χ1) is 20.7. The second-order valence-corrected chi connectivity index (χ2v) is 10.8. The number of aliphatic hydroxyl groups excluding tert-OH is 1. The lowest BCUT2D eigenvalue weighted by atomic mass is 9.85. The van der Waals surface area contributed by atoms with Gasteiger partial charge in [0, 0.05) is 56.9 Å². The van der Waals surface area contributed by atoms with Crippen molar-refractivity contribution in [1.82, 2.24) is 10.6 Å². The van der Waals surface area contributed by atoms with Crippen LogP contribution in [0.1, 0.15) is 40.5 Å². The van der Waals surface area contributed by atoms with E-state index >= 15 is 0 Å². The SMILES string of the molecule is CNC1=C2C[C@@H](C)C[C@H](OC)[C@H](O)[C@@H](C)/C=C(\COC(C)=O)[C@H](OC(N)=O)[C@@H](OC)/C=C\C=C(/C)C(=O)NC(=CC1=O)C2=O. The number of fused-ring (bicyclic) bond motifs is 2. The Morgan fingerprint density at radius 1 is 1.16 bits per heavy atom. The summed E-state index contributed by atoms with van der Waals surface area (Å²) in [7, 11) is 4.34. The Hall–Kier alpha value is -4.07. The van der Waals surface area contributed by atoms with Gasteiger partial charge in [0.2, 0.25) is 11.6 Å². The molecule has 0 aromatic rings. The number of carbonyl (C=O) groups excluding carboxylic acids is 5. The van der Waals surface area contributed by atoms with Crippen molar-refractivity contribution >= 4 is 29.5 Å². The maximum Gasteiger partial charge on any atom is 0.405 e. The molecule has 0 radical (unpaired) electrons. The van der Waals surface area contributed by atoms with Crippen LogP contribution in [0.25, 0.3) is 0 Å². The molecule has 0 fully saturated rings. The molecule has 6 atom stereocenters. The maximum absolute atomic E-state index is 13.4. The van der Waals surface area contributed by atoms with Crippen molar-refractivity contribution in [2.24, 2.45) is 17.6 Å². The number of ketones is 2. The highest BCUT2D eigenvalue weighted by Gasteiger charge is 2.34. The van der Waals surface area contributed by atoms with Crippen molar-refractivity contribution in [1.29, 1.82) is 0 Å². The van der Waals surface area contributed by atoms with Crippen LogP contribution in [0.3, 0.4) is 0 Å². The van der Waals surface area contributed by atoms with Gasteiger partial charge in [0.25, 0.3) is 5.91 Å². The predicted octanol–water partition coefficient (Wildman–Crippen LogP) is 1.52. The highest BCUT2D eigenvalue weighted by atomic mass is 16.6.